The molecule has 0 bridgehead atoms. The van der Waals surface area contributed by atoms with Crippen molar-refractivity contribution >= 4 is 11.7 Å². The number of rotatable bonds is 5. The van der Waals surface area contributed by atoms with Gasteiger partial charge in [-0.25, -0.2) is 8.78 Å². The van der Waals surface area contributed by atoms with Crippen molar-refractivity contribution in [2.45, 2.75) is 12.5 Å². The minimum absolute atomic E-state index is 0.196. The van der Waals surface area contributed by atoms with Gasteiger partial charge in [0.15, 0.2) is 0 Å². The summed E-state index contributed by atoms with van der Waals surface area (Å²) < 4.78 is 26.3. The number of anilines is 1. The normalized spacial score (nSPS) is 11.4. The lowest BCUT2D eigenvalue weighted by atomic mass is 10.3. The molecule has 16 heavy (non-hydrogen) atoms. The van der Waals surface area contributed by atoms with Gasteiger partial charge < -0.3 is 16.2 Å². The Labute approximate surface area is 90.0 Å². The summed E-state index contributed by atoms with van der Waals surface area (Å²) in [6.45, 7) is -2.40. The van der Waals surface area contributed by atoms with Crippen molar-refractivity contribution in [1.29, 1.82) is 0 Å². The quantitative estimate of drug-likeness (QED) is 0.622. The number of alkyl halides is 2. The van der Waals surface area contributed by atoms with Crippen LogP contribution in [0.2, 0.25) is 0 Å². The third-order valence-corrected chi connectivity index (χ3v) is 1.74. The average Bonchev–Trinajstić information content (AvgIpc) is 2.61. The van der Waals surface area contributed by atoms with Crippen LogP contribution in [0.15, 0.2) is 12.3 Å². The molecular weight excluding hydrogens is 222 g/mol. The molecule has 0 unspecified atom stereocenters. The fraction of sp³-hybridized carbons (Fsp3) is 0.500. The molecule has 90 valence electrons. The van der Waals surface area contributed by atoms with Crippen LogP contribution in [-0.2, 0) is 11.3 Å². The topological polar surface area (TPSA) is 93.2 Å². The summed E-state index contributed by atoms with van der Waals surface area (Å²) >= 11 is 0. The zero-order chi connectivity index (χ0) is 12.2. The van der Waals surface area contributed by atoms with Gasteiger partial charge in [0.05, 0.1) is 6.54 Å². The lowest BCUT2D eigenvalue weighted by molar-refractivity contribution is -0.124. The summed E-state index contributed by atoms with van der Waals surface area (Å²) in [6.07, 6.45) is 1.46. The number of hydrogen-bond acceptors (Lipinski definition) is 4. The fourth-order valence-electron chi connectivity index (χ4n) is 0.952. The highest BCUT2D eigenvalue weighted by Crippen LogP contribution is 2.09. The molecule has 0 aliphatic rings. The molecule has 0 aliphatic heterocycles. The first-order chi connectivity index (χ1) is 7.43. The predicted octanol–water partition coefficient (Wildman–Crippen LogP) is -0.791. The zero-order valence-corrected chi connectivity index (χ0v) is 8.36. The molecule has 1 heterocycles. The SMILES string of the molecule is Nc1ccn(CC(=O)NCC(F)(F)CO)n1. The number of amides is 1. The van der Waals surface area contributed by atoms with Gasteiger partial charge in [0.2, 0.25) is 5.91 Å². The van der Waals surface area contributed by atoms with Gasteiger partial charge in [0.25, 0.3) is 5.92 Å². The maximum atomic E-state index is 12.5. The molecule has 0 aliphatic carbocycles. The maximum absolute atomic E-state index is 12.5. The Bertz CT molecular complexity index is 367. The minimum Gasteiger partial charge on any atom is -0.390 e. The number of aromatic nitrogens is 2. The van der Waals surface area contributed by atoms with Gasteiger partial charge in [-0.05, 0) is 6.07 Å². The number of nitrogens with zero attached hydrogens (tertiary/aromatic N) is 2. The predicted molar refractivity (Wildman–Crippen MR) is 51.7 cm³/mol. The van der Waals surface area contributed by atoms with E-state index >= 15 is 0 Å². The van der Waals surface area contributed by atoms with Crippen molar-refractivity contribution in [2.24, 2.45) is 0 Å². The number of hydrogen-bond donors (Lipinski definition) is 3. The number of nitrogens with one attached hydrogen (secondary N) is 1. The molecule has 0 saturated carbocycles. The van der Waals surface area contributed by atoms with Crippen LogP contribution in [0.3, 0.4) is 0 Å². The van der Waals surface area contributed by atoms with Crippen molar-refractivity contribution in [2.75, 3.05) is 18.9 Å². The van der Waals surface area contributed by atoms with Gasteiger partial charge in [0.1, 0.15) is 19.0 Å². The van der Waals surface area contributed by atoms with E-state index in [0.29, 0.717) is 0 Å². The Morgan fingerprint density at radius 2 is 2.38 bits per heavy atom. The Hall–Kier alpha value is -1.70. The highest BCUT2D eigenvalue weighted by Gasteiger charge is 2.28. The van der Waals surface area contributed by atoms with E-state index in [9.17, 15) is 13.6 Å². The van der Waals surface area contributed by atoms with E-state index in [4.69, 9.17) is 10.8 Å². The Morgan fingerprint density at radius 1 is 1.69 bits per heavy atom. The molecule has 1 aromatic rings. The van der Waals surface area contributed by atoms with Gasteiger partial charge in [-0.2, -0.15) is 5.10 Å². The second-order valence-corrected chi connectivity index (χ2v) is 3.23. The Morgan fingerprint density at radius 3 is 2.88 bits per heavy atom. The Balaban J connectivity index is 2.37. The van der Waals surface area contributed by atoms with Crippen LogP contribution < -0.4 is 11.1 Å². The van der Waals surface area contributed by atoms with Crippen molar-refractivity contribution in [3.05, 3.63) is 12.3 Å². The molecule has 0 fully saturated rings. The van der Waals surface area contributed by atoms with Crippen LogP contribution in [0.5, 0.6) is 0 Å². The molecule has 8 heteroatoms. The summed E-state index contributed by atoms with van der Waals surface area (Å²) in [5.41, 5.74) is 5.30. The standard InChI is InChI=1S/C8H12F2N4O2/c9-8(10,5-15)4-12-7(16)3-14-2-1-6(11)13-14/h1-2,15H,3-5H2,(H2,11,13)(H,12,16). The minimum atomic E-state index is -3.31. The monoisotopic (exact) mass is 234 g/mol. The lowest BCUT2D eigenvalue weighted by Crippen LogP contribution is -2.40. The molecule has 0 aromatic carbocycles. The van der Waals surface area contributed by atoms with E-state index in [1.165, 1.54) is 16.9 Å². The first kappa shape index (κ1) is 12.4. The van der Waals surface area contributed by atoms with Crippen molar-refractivity contribution in [3.8, 4) is 0 Å². The lowest BCUT2D eigenvalue weighted by Gasteiger charge is -2.13. The van der Waals surface area contributed by atoms with E-state index in [0.717, 1.165) is 0 Å². The fourth-order valence-corrected chi connectivity index (χ4v) is 0.952. The molecule has 4 N–H and O–H groups in total. The number of carbonyl (C=O) groups is 1. The van der Waals surface area contributed by atoms with Gasteiger partial charge >= 0.3 is 0 Å². The highest BCUT2D eigenvalue weighted by molar-refractivity contribution is 5.75. The number of halogens is 2. The Kier molecular flexibility index (Phi) is 3.78. The van der Waals surface area contributed by atoms with E-state index in [2.05, 4.69) is 5.10 Å². The van der Waals surface area contributed by atoms with Crippen molar-refractivity contribution in [1.82, 2.24) is 15.1 Å². The van der Waals surface area contributed by atoms with Crippen LogP contribution in [-0.4, -0.2) is 39.9 Å². The van der Waals surface area contributed by atoms with E-state index in [1.807, 2.05) is 5.32 Å². The second-order valence-electron chi connectivity index (χ2n) is 3.23. The number of aliphatic hydroxyl groups is 1. The number of nitrogen functional groups attached to an aromatic ring is 1. The molecule has 0 radical (unpaired) electrons. The smallest absolute Gasteiger partial charge is 0.287 e. The maximum Gasteiger partial charge on any atom is 0.287 e. The van der Waals surface area contributed by atoms with Crippen LogP contribution in [0.1, 0.15) is 0 Å². The number of nitrogens with two attached hydrogens (primary N) is 1. The first-order valence-corrected chi connectivity index (χ1v) is 4.47. The van der Waals surface area contributed by atoms with E-state index < -0.39 is 25.0 Å². The summed E-state index contributed by atoms with van der Waals surface area (Å²) in [6, 6.07) is 1.48. The average molecular weight is 234 g/mol. The summed E-state index contributed by atoms with van der Waals surface area (Å²) in [7, 11) is 0. The summed E-state index contributed by atoms with van der Waals surface area (Å²) in [5.74, 6) is -3.69. The molecule has 0 atom stereocenters. The van der Waals surface area contributed by atoms with Crippen LogP contribution >= 0.6 is 0 Å². The van der Waals surface area contributed by atoms with Gasteiger partial charge in [-0.15, -0.1) is 0 Å². The third kappa shape index (κ3) is 3.81. The molecule has 1 rings (SSSR count). The van der Waals surface area contributed by atoms with Gasteiger partial charge in [-0.1, -0.05) is 0 Å². The summed E-state index contributed by atoms with van der Waals surface area (Å²) in [5, 5.41) is 14.0. The largest absolute Gasteiger partial charge is 0.390 e. The molecule has 0 spiro atoms. The third-order valence-electron chi connectivity index (χ3n) is 1.74. The molecule has 1 amide bonds. The van der Waals surface area contributed by atoms with Gasteiger partial charge in [-0.3, -0.25) is 9.48 Å². The molecular formula is C8H12F2N4O2. The number of aliphatic hydroxyl groups excluding tert-OH is 1. The van der Waals surface area contributed by atoms with Crippen LogP contribution in [0.4, 0.5) is 14.6 Å². The van der Waals surface area contributed by atoms with E-state index in [-0.39, 0.29) is 12.4 Å². The second kappa shape index (κ2) is 4.88. The molecule has 6 nitrogen and oxygen atoms in total. The van der Waals surface area contributed by atoms with Crippen molar-refractivity contribution in [3.63, 3.8) is 0 Å². The number of carbonyl (C=O) groups excluding carboxylic acids is 1. The zero-order valence-electron chi connectivity index (χ0n) is 8.36. The molecule has 1 aromatic heterocycles. The van der Waals surface area contributed by atoms with Crippen LogP contribution in [0.25, 0.3) is 0 Å². The van der Waals surface area contributed by atoms with Crippen molar-refractivity contribution < 1.29 is 18.7 Å². The van der Waals surface area contributed by atoms with Crippen LogP contribution in [0, 0.1) is 0 Å². The highest BCUT2D eigenvalue weighted by atomic mass is 19.3. The van der Waals surface area contributed by atoms with Gasteiger partial charge in [0, 0.05) is 6.20 Å². The molecule has 0 saturated heterocycles. The first-order valence-electron chi connectivity index (χ1n) is 4.47. The van der Waals surface area contributed by atoms with E-state index in [1.54, 1.807) is 0 Å². The summed E-state index contributed by atoms with van der Waals surface area (Å²) in [4.78, 5) is 11.2.